The average molecular weight is 253 g/mol. The Kier molecular flexibility index (Phi) is 2.52. The molecule has 3 rings (SSSR count). The van der Waals surface area contributed by atoms with Crippen LogP contribution >= 0.6 is 0 Å². The first-order valence-electron chi connectivity index (χ1n) is 5.80. The second-order valence-corrected chi connectivity index (χ2v) is 4.25. The van der Waals surface area contributed by atoms with E-state index in [4.69, 9.17) is 5.11 Å². The van der Waals surface area contributed by atoms with Crippen molar-refractivity contribution >= 4 is 16.9 Å². The predicted molar refractivity (Wildman–Crippen MR) is 70.6 cm³/mol. The number of aromatic carboxylic acids is 1. The SMILES string of the molecule is Cc1ccc(-n2cccn2)c2ccc(C(=O)O)nc12. The van der Waals surface area contributed by atoms with Crippen LogP contribution in [0.1, 0.15) is 16.1 Å². The molecule has 0 aliphatic rings. The third kappa shape index (κ3) is 1.85. The highest BCUT2D eigenvalue weighted by Crippen LogP contribution is 2.23. The first-order valence-corrected chi connectivity index (χ1v) is 5.80. The first-order chi connectivity index (χ1) is 9.16. The Hall–Kier alpha value is -2.69. The minimum atomic E-state index is -1.02. The summed E-state index contributed by atoms with van der Waals surface area (Å²) >= 11 is 0. The molecule has 3 aromatic rings. The molecule has 0 spiro atoms. The second kappa shape index (κ2) is 4.20. The van der Waals surface area contributed by atoms with Gasteiger partial charge in [-0.2, -0.15) is 5.10 Å². The van der Waals surface area contributed by atoms with Gasteiger partial charge in [0.05, 0.1) is 11.2 Å². The van der Waals surface area contributed by atoms with Crippen LogP contribution in [0.5, 0.6) is 0 Å². The Bertz CT molecular complexity index is 764. The van der Waals surface area contributed by atoms with Gasteiger partial charge in [0.15, 0.2) is 0 Å². The smallest absolute Gasteiger partial charge is 0.354 e. The summed E-state index contributed by atoms with van der Waals surface area (Å²) in [7, 11) is 0. The molecular weight excluding hydrogens is 242 g/mol. The number of rotatable bonds is 2. The highest BCUT2D eigenvalue weighted by Gasteiger charge is 2.11. The summed E-state index contributed by atoms with van der Waals surface area (Å²) in [5, 5.41) is 14.1. The maximum absolute atomic E-state index is 11.0. The van der Waals surface area contributed by atoms with E-state index in [1.807, 2.05) is 31.3 Å². The molecule has 0 radical (unpaired) electrons. The number of nitrogens with zero attached hydrogens (tertiary/aromatic N) is 3. The summed E-state index contributed by atoms with van der Waals surface area (Å²) in [5.41, 5.74) is 2.56. The Balaban J connectivity index is 2.32. The molecule has 2 heterocycles. The third-order valence-corrected chi connectivity index (χ3v) is 3.01. The summed E-state index contributed by atoms with van der Waals surface area (Å²) < 4.78 is 1.74. The maximum atomic E-state index is 11.0. The lowest BCUT2D eigenvalue weighted by Gasteiger charge is -2.09. The molecule has 1 N–H and O–H groups in total. The third-order valence-electron chi connectivity index (χ3n) is 3.01. The number of hydrogen-bond acceptors (Lipinski definition) is 3. The van der Waals surface area contributed by atoms with Gasteiger partial charge in [0.1, 0.15) is 5.69 Å². The van der Waals surface area contributed by atoms with E-state index in [2.05, 4.69) is 10.1 Å². The van der Waals surface area contributed by atoms with Gasteiger partial charge >= 0.3 is 5.97 Å². The maximum Gasteiger partial charge on any atom is 0.354 e. The Morgan fingerprint density at radius 1 is 1.26 bits per heavy atom. The van der Waals surface area contributed by atoms with Crippen molar-refractivity contribution in [2.45, 2.75) is 6.92 Å². The van der Waals surface area contributed by atoms with Gasteiger partial charge in [-0.25, -0.2) is 14.5 Å². The van der Waals surface area contributed by atoms with Crippen LogP contribution in [0.3, 0.4) is 0 Å². The van der Waals surface area contributed by atoms with Crippen molar-refractivity contribution < 1.29 is 9.90 Å². The number of fused-ring (bicyclic) bond motifs is 1. The predicted octanol–water partition coefficient (Wildman–Crippen LogP) is 2.43. The minimum absolute atomic E-state index is 0.0493. The molecule has 5 nitrogen and oxygen atoms in total. The highest BCUT2D eigenvalue weighted by atomic mass is 16.4. The molecule has 0 atom stereocenters. The zero-order valence-corrected chi connectivity index (χ0v) is 10.2. The van der Waals surface area contributed by atoms with E-state index in [0.717, 1.165) is 16.6 Å². The molecule has 2 aromatic heterocycles. The van der Waals surface area contributed by atoms with Gasteiger partial charge in [-0.15, -0.1) is 0 Å². The van der Waals surface area contributed by atoms with E-state index < -0.39 is 5.97 Å². The number of carboxylic acid groups (broad SMARTS) is 1. The minimum Gasteiger partial charge on any atom is -0.477 e. The topological polar surface area (TPSA) is 68.0 Å². The largest absolute Gasteiger partial charge is 0.477 e. The van der Waals surface area contributed by atoms with Gasteiger partial charge < -0.3 is 5.11 Å². The van der Waals surface area contributed by atoms with Crippen molar-refractivity contribution in [1.82, 2.24) is 14.8 Å². The molecule has 0 aliphatic heterocycles. The molecule has 0 aliphatic carbocycles. The van der Waals surface area contributed by atoms with Gasteiger partial charge in [0, 0.05) is 17.8 Å². The molecule has 1 aromatic carbocycles. The first kappa shape index (κ1) is 11.4. The number of pyridine rings is 1. The summed E-state index contributed by atoms with van der Waals surface area (Å²) in [5.74, 6) is -1.02. The molecule has 0 unspecified atom stereocenters. The van der Waals surface area contributed by atoms with Crippen LogP contribution < -0.4 is 0 Å². The standard InChI is InChI=1S/C14H11N3O2/c1-9-3-6-12(17-8-2-7-15-17)10-4-5-11(14(18)19)16-13(9)10/h2-8H,1H3,(H,18,19). The van der Waals surface area contributed by atoms with Crippen LogP contribution in [0, 0.1) is 6.92 Å². The Labute approximate surface area is 109 Å². The van der Waals surface area contributed by atoms with E-state index in [1.165, 1.54) is 6.07 Å². The van der Waals surface area contributed by atoms with E-state index in [1.54, 1.807) is 16.9 Å². The summed E-state index contributed by atoms with van der Waals surface area (Å²) in [4.78, 5) is 15.2. The van der Waals surface area contributed by atoms with E-state index in [9.17, 15) is 4.79 Å². The van der Waals surface area contributed by atoms with Gasteiger partial charge in [0.25, 0.3) is 0 Å². The lowest BCUT2D eigenvalue weighted by Crippen LogP contribution is -2.02. The number of carbonyl (C=O) groups is 1. The molecular formula is C14H11N3O2. The van der Waals surface area contributed by atoms with Crippen molar-refractivity contribution in [3.63, 3.8) is 0 Å². The van der Waals surface area contributed by atoms with Crippen molar-refractivity contribution in [1.29, 1.82) is 0 Å². The van der Waals surface area contributed by atoms with Crippen LogP contribution in [-0.4, -0.2) is 25.8 Å². The molecule has 0 saturated carbocycles. The van der Waals surface area contributed by atoms with Gasteiger partial charge in [-0.1, -0.05) is 6.07 Å². The van der Waals surface area contributed by atoms with Crippen LogP contribution in [0.4, 0.5) is 0 Å². The van der Waals surface area contributed by atoms with E-state index >= 15 is 0 Å². The number of aryl methyl sites for hydroxylation is 1. The second-order valence-electron chi connectivity index (χ2n) is 4.25. The molecule has 0 bridgehead atoms. The number of aromatic nitrogens is 3. The quantitative estimate of drug-likeness (QED) is 0.761. The molecule has 0 amide bonds. The van der Waals surface area contributed by atoms with Gasteiger partial charge in [-0.3, -0.25) is 0 Å². The van der Waals surface area contributed by atoms with Crippen LogP contribution in [0.25, 0.3) is 16.6 Å². The van der Waals surface area contributed by atoms with Gasteiger partial charge in [0.2, 0.25) is 0 Å². The number of benzene rings is 1. The van der Waals surface area contributed by atoms with Crippen molar-refractivity contribution in [3.8, 4) is 5.69 Å². The lowest BCUT2D eigenvalue weighted by molar-refractivity contribution is 0.0691. The van der Waals surface area contributed by atoms with Crippen LogP contribution in [0.15, 0.2) is 42.7 Å². The fourth-order valence-electron chi connectivity index (χ4n) is 2.07. The fourth-order valence-corrected chi connectivity index (χ4v) is 2.07. The Morgan fingerprint density at radius 2 is 2.11 bits per heavy atom. The van der Waals surface area contributed by atoms with Crippen molar-refractivity contribution in [2.75, 3.05) is 0 Å². The fraction of sp³-hybridized carbons (Fsp3) is 0.0714. The normalized spacial score (nSPS) is 10.8. The van der Waals surface area contributed by atoms with E-state index in [-0.39, 0.29) is 5.69 Å². The highest BCUT2D eigenvalue weighted by molar-refractivity contribution is 5.94. The average Bonchev–Trinajstić information content (AvgIpc) is 2.92. The zero-order chi connectivity index (χ0) is 13.4. The van der Waals surface area contributed by atoms with Crippen LogP contribution in [0.2, 0.25) is 0 Å². The monoisotopic (exact) mass is 253 g/mol. The molecule has 5 heteroatoms. The summed E-state index contributed by atoms with van der Waals surface area (Å²) in [6, 6.07) is 8.99. The van der Waals surface area contributed by atoms with Crippen LogP contribution in [-0.2, 0) is 0 Å². The number of carboxylic acids is 1. The molecule has 19 heavy (non-hydrogen) atoms. The van der Waals surface area contributed by atoms with Crippen molar-refractivity contribution in [3.05, 3.63) is 54.0 Å². The van der Waals surface area contributed by atoms with E-state index in [0.29, 0.717) is 5.52 Å². The zero-order valence-electron chi connectivity index (χ0n) is 10.2. The molecule has 94 valence electrons. The molecule has 0 fully saturated rings. The molecule has 0 saturated heterocycles. The summed E-state index contributed by atoms with van der Waals surface area (Å²) in [6.07, 6.45) is 3.54. The Morgan fingerprint density at radius 3 is 2.79 bits per heavy atom. The van der Waals surface area contributed by atoms with Gasteiger partial charge in [-0.05, 0) is 36.8 Å². The van der Waals surface area contributed by atoms with Crippen molar-refractivity contribution in [2.24, 2.45) is 0 Å². The lowest BCUT2D eigenvalue weighted by atomic mass is 10.1. The number of hydrogen-bond donors (Lipinski definition) is 1. The summed E-state index contributed by atoms with van der Waals surface area (Å²) in [6.45, 7) is 1.91.